The Morgan fingerprint density at radius 3 is 2.59 bits per heavy atom. The Hall–Kier alpha value is -1.03. The van der Waals surface area contributed by atoms with Gasteiger partial charge in [0.05, 0.1) is 11.7 Å². The molecule has 0 spiro atoms. The standard InChI is InChI=1S/C13H22N4/c1-9(2)16-7-10(8-16)17-13(14)11-5-3-4-6-12(11)15-17/h9-10H,3-8,14H2,1-2H3. The molecule has 0 bridgehead atoms. The summed E-state index contributed by atoms with van der Waals surface area (Å²) in [6, 6.07) is 1.14. The van der Waals surface area contributed by atoms with Gasteiger partial charge in [0.25, 0.3) is 0 Å². The molecular formula is C13H22N4. The van der Waals surface area contributed by atoms with E-state index in [2.05, 4.69) is 23.4 Å². The maximum Gasteiger partial charge on any atom is 0.125 e. The number of hydrogen-bond acceptors (Lipinski definition) is 3. The molecule has 1 saturated heterocycles. The number of nitrogen functional groups attached to an aromatic ring is 1. The van der Waals surface area contributed by atoms with Crippen molar-refractivity contribution in [2.75, 3.05) is 18.8 Å². The van der Waals surface area contributed by atoms with E-state index in [4.69, 9.17) is 10.8 Å². The Labute approximate surface area is 103 Å². The fraction of sp³-hybridized carbons (Fsp3) is 0.769. The number of rotatable bonds is 2. The van der Waals surface area contributed by atoms with Gasteiger partial charge >= 0.3 is 0 Å². The minimum atomic E-state index is 0.503. The first-order valence-electron chi connectivity index (χ1n) is 6.76. The van der Waals surface area contributed by atoms with Gasteiger partial charge in [-0.2, -0.15) is 5.10 Å². The summed E-state index contributed by atoms with van der Waals surface area (Å²) in [5, 5.41) is 4.73. The summed E-state index contributed by atoms with van der Waals surface area (Å²) in [5.41, 5.74) is 8.83. The Balaban J connectivity index is 1.79. The molecule has 17 heavy (non-hydrogen) atoms. The number of likely N-dealkylation sites (tertiary alicyclic amines) is 1. The maximum absolute atomic E-state index is 6.24. The van der Waals surface area contributed by atoms with E-state index >= 15 is 0 Å². The molecule has 0 radical (unpaired) electrons. The Kier molecular flexibility index (Phi) is 2.62. The summed E-state index contributed by atoms with van der Waals surface area (Å²) < 4.78 is 2.09. The molecule has 0 unspecified atom stereocenters. The van der Waals surface area contributed by atoms with E-state index in [0.717, 1.165) is 31.7 Å². The second-order valence-electron chi connectivity index (χ2n) is 5.66. The van der Waals surface area contributed by atoms with Gasteiger partial charge in [-0.15, -0.1) is 0 Å². The van der Waals surface area contributed by atoms with Crippen molar-refractivity contribution in [2.24, 2.45) is 0 Å². The first-order valence-corrected chi connectivity index (χ1v) is 6.76. The van der Waals surface area contributed by atoms with Gasteiger partial charge in [0.15, 0.2) is 0 Å². The third-order valence-electron chi connectivity index (χ3n) is 4.19. The number of fused-ring (bicyclic) bond motifs is 1. The smallest absolute Gasteiger partial charge is 0.125 e. The van der Waals surface area contributed by atoms with Crippen molar-refractivity contribution in [1.29, 1.82) is 0 Å². The van der Waals surface area contributed by atoms with E-state index in [0.29, 0.717) is 12.1 Å². The van der Waals surface area contributed by atoms with Crippen molar-refractivity contribution < 1.29 is 0 Å². The van der Waals surface area contributed by atoms with Crippen molar-refractivity contribution in [3.8, 4) is 0 Å². The number of hydrogen-bond donors (Lipinski definition) is 1. The molecule has 0 amide bonds. The van der Waals surface area contributed by atoms with Crippen molar-refractivity contribution in [2.45, 2.75) is 51.6 Å². The summed E-state index contributed by atoms with van der Waals surface area (Å²) >= 11 is 0. The van der Waals surface area contributed by atoms with Crippen LogP contribution in [0.4, 0.5) is 5.82 Å². The fourth-order valence-electron chi connectivity index (χ4n) is 2.94. The lowest BCUT2D eigenvalue weighted by Gasteiger charge is -2.42. The first-order chi connectivity index (χ1) is 8.16. The third-order valence-corrected chi connectivity index (χ3v) is 4.19. The average molecular weight is 234 g/mol. The zero-order valence-electron chi connectivity index (χ0n) is 10.8. The third kappa shape index (κ3) is 1.75. The maximum atomic E-state index is 6.24. The number of aromatic nitrogens is 2. The molecule has 2 N–H and O–H groups in total. The minimum absolute atomic E-state index is 0.503. The lowest BCUT2D eigenvalue weighted by atomic mass is 9.97. The Bertz CT molecular complexity index is 415. The van der Waals surface area contributed by atoms with Gasteiger partial charge in [-0.25, -0.2) is 4.68 Å². The molecule has 1 aliphatic heterocycles. The van der Waals surface area contributed by atoms with Crippen molar-refractivity contribution in [3.05, 3.63) is 11.3 Å². The lowest BCUT2D eigenvalue weighted by molar-refractivity contribution is 0.0685. The average Bonchev–Trinajstić information content (AvgIpc) is 2.55. The van der Waals surface area contributed by atoms with Crippen LogP contribution in [0.5, 0.6) is 0 Å². The van der Waals surface area contributed by atoms with E-state index in [-0.39, 0.29) is 0 Å². The summed E-state index contributed by atoms with van der Waals surface area (Å²) in [4.78, 5) is 2.46. The number of aryl methyl sites for hydroxylation is 1. The van der Waals surface area contributed by atoms with Crippen molar-refractivity contribution in [3.63, 3.8) is 0 Å². The molecule has 0 saturated carbocycles. The van der Waals surface area contributed by atoms with E-state index in [9.17, 15) is 0 Å². The van der Waals surface area contributed by atoms with Crippen LogP contribution in [0.15, 0.2) is 0 Å². The molecule has 1 aliphatic carbocycles. The summed E-state index contributed by atoms with van der Waals surface area (Å²) in [6.07, 6.45) is 4.78. The molecule has 2 aliphatic rings. The van der Waals surface area contributed by atoms with Crippen LogP contribution in [0.1, 0.15) is 44.0 Å². The molecular weight excluding hydrogens is 212 g/mol. The Morgan fingerprint density at radius 1 is 1.24 bits per heavy atom. The van der Waals surface area contributed by atoms with Crippen molar-refractivity contribution in [1.82, 2.24) is 14.7 Å². The lowest BCUT2D eigenvalue weighted by Crippen LogP contribution is -2.51. The van der Waals surface area contributed by atoms with Crippen LogP contribution < -0.4 is 5.73 Å². The predicted octanol–water partition coefficient (Wildman–Crippen LogP) is 1.61. The molecule has 1 fully saturated rings. The van der Waals surface area contributed by atoms with Crippen LogP contribution in [0.25, 0.3) is 0 Å². The van der Waals surface area contributed by atoms with Crippen LogP contribution >= 0.6 is 0 Å². The fourth-order valence-corrected chi connectivity index (χ4v) is 2.94. The summed E-state index contributed by atoms with van der Waals surface area (Å²) in [6.45, 7) is 6.69. The number of nitrogens with zero attached hydrogens (tertiary/aromatic N) is 3. The monoisotopic (exact) mass is 234 g/mol. The van der Waals surface area contributed by atoms with Gasteiger partial charge in [-0.05, 0) is 39.5 Å². The van der Waals surface area contributed by atoms with Crippen LogP contribution in [-0.2, 0) is 12.8 Å². The van der Waals surface area contributed by atoms with Gasteiger partial charge in [-0.1, -0.05) is 0 Å². The summed E-state index contributed by atoms with van der Waals surface area (Å²) in [5.74, 6) is 0.938. The molecule has 0 atom stereocenters. The highest BCUT2D eigenvalue weighted by molar-refractivity contribution is 5.45. The van der Waals surface area contributed by atoms with Crippen LogP contribution in [-0.4, -0.2) is 33.8 Å². The van der Waals surface area contributed by atoms with Crippen LogP contribution in [0, 0.1) is 0 Å². The second-order valence-corrected chi connectivity index (χ2v) is 5.66. The highest BCUT2D eigenvalue weighted by atomic mass is 15.4. The van der Waals surface area contributed by atoms with Gasteiger partial charge < -0.3 is 5.73 Å². The van der Waals surface area contributed by atoms with E-state index in [1.807, 2.05) is 0 Å². The quantitative estimate of drug-likeness (QED) is 0.845. The largest absolute Gasteiger partial charge is 0.384 e. The van der Waals surface area contributed by atoms with Gasteiger partial charge in [-0.3, -0.25) is 4.90 Å². The van der Waals surface area contributed by atoms with Crippen LogP contribution in [0.3, 0.4) is 0 Å². The molecule has 4 heteroatoms. The molecule has 1 aromatic heterocycles. The molecule has 4 nitrogen and oxygen atoms in total. The second kappa shape index (κ2) is 4.02. The van der Waals surface area contributed by atoms with Gasteiger partial charge in [0.2, 0.25) is 0 Å². The van der Waals surface area contributed by atoms with Crippen molar-refractivity contribution >= 4 is 5.82 Å². The first kappa shape index (κ1) is 11.1. The van der Waals surface area contributed by atoms with E-state index in [1.54, 1.807) is 0 Å². The number of anilines is 1. The normalized spacial score (nSPS) is 21.6. The highest BCUT2D eigenvalue weighted by Crippen LogP contribution is 2.31. The molecule has 0 aromatic carbocycles. The zero-order valence-corrected chi connectivity index (χ0v) is 10.8. The zero-order chi connectivity index (χ0) is 12.0. The van der Waals surface area contributed by atoms with E-state index in [1.165, 1.54) is 24.1 Å². The molecule has 1 aromatic rings. The van der Waals surface area contributed by atoms with Crippen LogP contribution in [0.2, 0.25) is 0 Å². The van der Waals surface area contributed by atoms with Gasteiger partial charge in [0, 0.05) is 24.7 Å². The van der Waals surface area contributed by atoms with E-state index < -0.39 is 0 Å². The number of nitrogens with two attached hydrogens (primary N) is 1. The topological polar surface area (TPSA) is 47.1 Å². The molecule has 94 valence electrons. The highest BCUT2D eigenvalue weighted by Gasteiger charge is 2.33. The SMILES string of the molecule is CC(C)N1CC(n2nc3c(c2N)CCCC3)C1. The predicted molar refractivity (Wildman–Crippen MR) is 69.0 cm³/mol. The molecule has 2 heterocycles. The Morgan fingerprint density at radius 2 is 1.94 bits per heavy atom. The van der Waals surface area contributed by atoms with Gasteiger partial charge in [0.1, 0.15) is 5.82 Å². The molecule has 3 rings (SSSR count). The minimum Gasteiger partial charge on any atom is -0.384 e. The summed E-state index contributed by atoms with van der Waals surface area (Å²) in [7, 11) is 0.